The SMILES string of the molecule is C[C@@H](CC[Si](F)(CC[C@H](C)CC(C)(C)C)CC[C@H](C)CC(C)(C)C)CC(C)(C)C. The average Bonchev–Trinajstić information content (AvgIpc) is 2.44. The highest BCUT2D eigenvalue weighted by atomic mass is 28.4. The van der Waals surface area contributed by atoms with Gasteiger partial charge in [-0.1, -0.05) is 102 Å². The summed E-state index contributed by atoms with van der Waals surface area (Å²) in [6, 6.07) is 2.65. The summed E-state index contributed by atoms with van der Waals surface area (Å²) in [6.07, 6.45) is 6.87. The van der Waals surface area contributed by atoms with Crippen molar-refractivity contribution in [1.29, 1.82) is 0 Å². The van der Waals surface area contributed by atoms with E-state index in [-0.39, 0.29) is 0 Å². The molecular formula is C27H57FSi. The quantitative estimate of drug-likeness (QED) is 0.214. The van der Waals surface area contributed by atoms with Crippen LogP contribution in [0.3, 0.4) is 0 Å². The molecule has 0 unspecified atom stereocenters. The van der Waals surface area contributed by atoms with E-state index in [9.17, 15) is 0 Å². The minimum absolute atomic E-state index is 0.350. The summed E-state index contributed by atoms with van der Waals surface area (Å²) < 4.78 is 16.3. The van der Waals surface area contributed by atoms with Crippen molar-refractivity contribution in [1.82, 2.24) is 0 Å². The first-order valence-corrected chi connectivity index (χ1v) is 15.0. The van der Waals surface area contributed by atoms with E-state index in [2.05, 4.69) is 83.1 Å². The van der Waals surface area contributed by atoms with Gasteiger partial charge in [-0.05, 0) is 71.4 Å². The van der Waals surface area contributed by atoms with Crippen LogP contribution in [0.15, 0.2) is 0 Å². The molecule has 0 aliphatic heterocycles. The molecule has 0 aliphatic carbocycles. The molecule has 2 heteroatoms. The van der Waals surface area contributed by atoms with Crippen LogP contribution in [0.25, 0.3) is 0 Å². The lowest BCUT2D eigenvalue weighted by atomic mass is 9.84. The Morgan fingerprint density at radius 1 is 0.517 bits per heavy atom. The summed E-state index contributed by atoms with van der Waals surface area (Å²) in [6.45, 7) is 27.8. The Labute approximate surface area is 186 Å². The van der Waals surface area contributed by atoms with Gasteiger partial charge >= 0.3 is 0 Å². The Bertz CT molecular complexity index is 370. The fourth-order valence-electron chi connectivity index (χ4n) is 5.33. The zero-order chi connectivity index (χ0) is 23.1. The molecule has 0 N–H and O–H groups in total. The second-order valence-electron chi connectivity index (χ2n) is 14.4. The van der Waals surface area contributed by atoms with Gasteiger partial charge in [-0.25, -0.2) is 0 Å². The van der Waals surface area contributed by atoms with Gasteiger partial charge in [0.15, 0.2) is 0 Å². The minimum atomic E-state index is -2.66. The van der Waals surface area contributed by atoms with Gasteiger partial charge in [0.1, 0.15) is 0 Å². The molecule has 0 aliphatic rings. The Balaban J connectivity index is 4.91. The van der Waals surface area contributed by atoms with Crippen molar-refractivity contribution in [3.05, 3.63) is 0 Å². The van der Waals surface area contributed by atoms with E-state index in [4.69, 9.17) is 0 Å². The second-order valence-corrected chi connectivity index (χ2v) is 18.2. The molecule has 0 aromatic carbocycles. The van der Waals surface area contributed by atoms with Crippen molar-refractivity contribution >= 4 is 8.41 Å². The normalized spacial score (nSPS) is 17.3. The minimum Gasteiger partial charge on any atom is -0.314 e. The first-order valence-electron chi connectivity index (χ1n) is 12.5. The van der Waals surface area contributed by atoms with Gasteiger partial charge in [-0.15, -0.1) is 0 Å². The molecule has 0 amide bonds. The molecule has 3 atom stereocenters. The number of halogens is 1. The molecule has 0 nitrogen and oxygen atoms in total. The van der Waals surface area contributed by atoms with Crippen LogP contribution >= 0.6 is 0 Å². The Morgan fingerprint density at radius 3 is 0.897 bits per heavy atom. The van der Waals surface area contributed by atoms with Crippen LogP contribution in [0.4, 0.5) is 4.11 Å². The van der Waals surface area contributed by atoms with Gasteiger partial charge in [-0.2, -0.15) is 0 Å². The summed E-state index contributed by atoms with van der Waals surface area (Å²) >= 11 is 0. The highest BCUT2D eigenvalue weighted by molar-refractivity contribution is 6.73. The van der Waals surface area contributed by atoms with Crippen LogP contribution < -0.4 is 0 Å². The lowest BCUT2D eigenvalue weighted by Crippen LogP contribution is -2.31. The van der Waals surface area contributed by atoms with Crippen LogP contribution in [0.2, 0.25) is 18.1 Å². The lowest BCUT2D eigenvalue weighted by molar-refractivity contribution is 0.294. The molecular weight excluding hydrogens is 371 g/mol. The first kappa shape index (κ1) is 29.1. The molecule has 0 saturated heterocycles. The molecule has 0 aromatic heterocycles. The molecule has 0 bridgehead atoms. The lowest BCUT2D eigenvalue weighted by Gasteiger charge is -2.30. The predicted octanol–water partition coefficient (Wildman–Crippen LogP) is 10.3. The van der Waals surface area contributed by atoms with Crippen molar-refractivity contribution in [3.63, 3.8) is 0 Å². The number of hydrogen-bond acceptors (Lipinski definition) is 0. The van der Waals surface area contributed by atoms with E-state index in [1.54, 1.807) is 0 Å². The summed E-state index contributed by atoms with van der Waals surface area (Å²) in [5.41, 5.74) is 1.05. The first-order chi connectivity index (χ1) is 12.8. The van der Waals surface area contributed by atoms with Crippen molar-refractivity contribution < 1.29 is 4.11 Å². The zero-order valence-electron chi connectivity index (χ0n) is 22.5. The average molecular weight is 429 g/mol. The standard InChI is InChI=1S/C27H57FSi/c1-22(19-25(4,5)6)13-16-29(28,17-14-23(2)20-26(7,8)9)18-15-24(3)21-27(10,11)12/h22-24H,13-21H2,1-12H3/t22-,23-,24-/m0/s1. The van der Waals surface area contributed by atoms with E-state index in [0.717, 1.165) is 37.4 Å². The van der Waals surface area contributed by atoms with Crippen molar-refractivity contribution in [2.75, 3.05) is 0 Å². The van der Waals surface area contributed by atoms with Gasteiger partial charge in [0.2, 0.25) is 8.41 Å². The summed E-state index contributed by atoms with van der Waals surface area (Å²) in [4.78, 5) is 0. The monoisotopic (exact) mass is 428 g/mol. The molecule has 0 heterocycles. The maximum atomic E-state index is 16.3. The Hall–Kier alpha value is 0.147. The van der Waals surface area contributed by atoms with Crippen LogP contribution in [0, 0.1) is 34.0 Å². The number of rotatable bonds is 12. The van der Waals surface area contributed by atoms with E-state index >= 15 is 4.11 Å². The third-order valence-corrected chi connectivity index (χ3v) is 9.69. The summed E-state index contributed by atoms with van der Waals surface area (Å²) in [5.74, 6) is 1.91. The van der Waals surface area contributed by atoms with Crippen molar-refractivity contribution in [2.24, 2.45) is 34.0 Å². The van der Waals surface area contributed by atoms with Gasteiger partial charge in [-0.3, -0.25) is 0 Å². The van der Waals surface area contributed by atoms with Gasteiger partial charge in [0.25, 0.3) is 0 Å². The van der Waals surface area contributed by atoms with Crippen molar-refractivity contribution in [2.45, 2.75) is 140 Å². The maximum absolute atomic E-state index is 16.3. The Morgan fingerprint density at radius 2 is 0.724 bits per heavy atom. The van der Waals surface area contributed by atoms with Crippen LogP contribution in [0.1, 0.15) is 122 Å². The fraction of sp³-hybridized carbons (Fsp3) is 1.00. The molecule has 0 spiro atoms. The topological polar surface area (TPSA) is 0 Å². The van der Waals surface area contributed by atoms with E-state index < -0.39 is 8.41 Å². The molecule has 0 saturated carbocycles. The van der Waals surface area contributed by atoms with Crippen LogP contribution in [-0.4, -0.2) is 8.41 Å². The van der Waals surface area contributed by atoms with Crippen LogP contribution in [0.5, 0.6) is 0 Å². The van der Waals surface area contributed by atoms with Gasteiger partial charge in [0.05, 0.1) is 0 Å². The van der Waals surface area contributed by atoms with E-state index in [1.165, 1.54) is 19.3 Å². The predicted molar refractivity (Wildman–Crippen MR) is 135 cm³/mol. The van der Waals surface area contributed by atoms with Crippen LogP contribution in [-0.2, 0) is 0 Å². The van der Waals surface area contributed by atoms with Crippen molar-refractivity contribution in [3.8, 4) is 0 Å². The second kappa shape index (κ2) is 11.7. The zero-order valence-corrected chi connectivity index (χ0v) is 23.5. The summed E-state index contributed by atoms with van der Waals surface area (Å²) in [7, 11) is -2.66. The molecule has 176 valence electrons. The summed E-state index contributed by atoms with van der Waals surface area (Å²) in [5, 5.41) is 0. The molecule has 0 fully saturated rings. The molecule has 0 radical (unpaired) electrons. The highest BCUT2D eigenvalue weighted by Gasteiger charge is 2.35. The third kappa shape index (κ3) is 17.5. The largest absolute Gasteiger partial charge is 0.314 e. The van der Waals surface area contributed by atoms with E-state index in [0.29, 0.717) is 34.0 Å². The molecule has 29 heavy (non-hydrogen) atoms. The molecule has 0 rings (SSSR count). The van der Waals surface area contributed by atoms with Gasteiger partial charge < -0.3 is 4.11 Å². The number of hydrogen-bond donors (Lipinski definition) is 0. The highest BCUT2D eigenvalue weighted by Crippen LogP contribution is 2.37. The fourth-order valence-corrected chi connectivity index (χ4v) is 9.11. The third-order valence-electron chi connectivity index (χ3n) is 6.14. The smallest absolute Gasteiger partial charge is 0.247 e. The van der Waals surface area contributed by atoms with E-state index in [1.807, 2.05) is 0 Å². The molecule has 0 aromatic rings. The van der Waals surface area contributed by atoms with Gasteiger partial charge in [0, 0.05) is 0 Å². The maximum Gasteiger partial charge on any atom is 0.247 e. The Kier molecular flexibility index (Phi) is 11.7.